The Labute approximate surface area is 174 Å². The molecule has 6 heteroatoms. The van der Waals surface area contributed by atoms with Gasteiger partial charge in [0, 0.05) is 14.6 Å². The van der Waals surface area contributed by atoms with Crippen LogP contribution < -0.4 is 9.47 Å². The van der Waals surface area contributed by atoms with E-state index >= 15 is 0 Å². The van der Waals surface area contributed by atoms with Crippen LogP contribution in [0.25, 0.3) is 19.5 Å². The largest absolute Gasteiger partial charge is 0.485 e. The maximum Gasteiger partial charge on any atom is 0.181 e. The Morgan fingerprint density at radius 2 is 1.54 bits per heavy atom. The smallest absolute Gasteiger partial charge is 0.181 e. The second-order valence-corrected chi connectivity index (χ2v) is 10.9. The highest BCUT2D eigenvalue weighted by Crippen LogP contribution is 2.55. The van der Waals surface area contributed by atoms with Crippen LogP contribution in [-0.2, 0) is 6.42 Å². The van der Waals surface area contributed by atoms with Gasteiger partial charge in [-0.2, -0.15) is 0 Å². The minimum absolute atomic E-state index is 0.621. The summed E-state index contributed by atoms with van der Waals surface area (Å²) in [6.07, 6.45) is 6.41. The number of aryl methyl sites for hydroxylation is 1. The lowest BCUT2D eigenvalue weighted by Crippen LogP contribution is -2.14. The summed E-state index contributed by atoms with van der Waals surface area (Å²) in [5, 5.41) is 0. The third kappa shape index (κ3) is 3.88. The van der Waals surface area contributed by atoms with Gasteiger partial charge in [-0.25, -0.2) is 0 Å². The number of thiophene rings is 3. The van der Waals surface area contributed by atoms with Crippen molar-refractivity contribution in [2.45, 2.75) is 39.0 Å². The molecule has 0 saturated carbocycles. The Kier molecular flexibility index (Phi) is 6.03. The van der Waals surface area contributed by atoms with Crippen LogP contribution in [0.5, 0.6) is 11.5 Å². The number of ether oxygens (including phenoxy) is 2. The highest BCUT2D eigenvalue weighted by Gasteiger charge is 2.27. The average Bonchev–Trinajstić information content (AvgIpc) is 3.36. The maximum atomic E-state index is 6.03. The molecule has 0 aliphatic carbocycles. The molecule has 0 aromatic carbocycles. The van der Waals surface area contributed by atoms with E-state index in [1.807, 2.05) is 11.3 Å². The predicted octanol–water partition coefficient (Wildman–Crippen LogP) is 7.86. The fraction of sp³-hybridized carbons (Fsp3) is 0.400. The third-order valence-corrected chi connectivity index (χ3v) is 8.64. The summed E-state index contributed by atoms with van der Waals surface area (Å²) < 4.78 is 13.2. The first-order valence-electron chi connectivity index (χ1n) is 9.03. The lowest BCUT2D eigenvalue weighted by atomic mass is 10.1. The van der Waals surface area contributed by atoms with Crippen molar-refractivity contribution in [1.82, 2.24) is 0 Å². The second kappa shape index (κ2) is 8.46. The summed E-state index contributed by atoms with van der Waals surface area (Å²) >= 11 is 9.00. The Bertz CT molecular complexity index is 878. The Balaban J connectivity index is 1.62. The zero-order valence-electron chi connectivity index (χ0n) is 14.7. The molecule has 0 N–H and O–H groups in total. The molecule has 0 saturated heterocycles. The number of unbranched alkanes of at least 4 members (excludes halogenated alkanes) is 3. The van der Waals surface area contributed by atoms with Gasteiger partial charge in [0.25, 0.3) is 0 Å². The summed E-state index contributed by atoms with van der Waals surface area (Å²) in [5.41, 5.74) is 0. The number of hydrogen-bond acceptors (Lipinski definition) is 5. The Hall–Kier alpha value is -0.820. The molecular weight excluding hydrogens is 448 g/mol. The van der Waals surface area contributed by atoms with Crippen LogP contribution in [-0.4, -0.2) is 13.2 Å². The molecule has 3 aromatic rings. The number of fused-ring (bicyclic) bond motifs is 1. The van der Waals surface area contributed by atoms with E-state index in [2.05, 4.69) is 47.1 Å². The molecule has 26 heavy (non-hydrogen) atoms. The van der Waals surface area contributed by atoms with Gasteiger partial charge in [0.2, 0.25) is 0 Å². The summed E-state index contributed by atoms with van der Waals surface area (Å²) in [6, 6.07) is 8.77. The molecule has 4 heterocycles. The molecule has 3 aromatic heterocycles. The quantitative estimate of drug-likeness (QED) is 0.328. The van der Waals surface area contributed by atoms with Crippen molar-refractivity contribution in [3.63, 3.8) is 0 Å². The van der Waals surface area contributed by atoms with Crippen molar-refractivity contribution in [3.8, 4) is 31.0 Å². The molecule has 0 spiro atoms. The molecule has 0 atom stereocenters. The van der Waals surface area contributed by atoms with Crippen LogP contribution in [0.1, 0.15) is 37.5 Å². The highest BCUT2D eigenvalue weighted by atomic mass is 79.9. The van der Waals surface area contributed by atoms with E-state index in [4.69, 9.17) is 9.47 Å². The Morgan fingerprint density at radius 1 is 0.846 bits per heavy atom. The molecule has 2 nitrogen and oxygen atoms in total. The molecule has 0 amide bonds. The number of halogens is 1. The number of hydrogen-bond donors (Lipinski definition) is 0. The standard InChI is InChI=1S/C20H21BrO2S3/c1-2-3-4-5-6-13-7-8-14(24-13)19-17-18(23-12-11-22-17)20(26-19)15-9-10-16(21)25-15/h7-10H,2-6,11-12H2,1H3. The monoisotopic (exact) mass is 468 g/mol. The van der Waals surface area contributed by atoms with Crippen molar-refractivity contribution in [1.29, 1.82) is 0 Å². The topological polar surface area (TPSA) is 18.5 Å². The number of rotatable bonds is 7. The first-order valence-corrected chi connectivity index (χ1v) is 12.3. The van der Waals surface area contributed by atoms with E-state index < -0.39 is 0 Å². The fourth-order valence-corrected chi connectivity index (χ4v) is 6.91. The van der Waals surface area contributed by atoms with E-state index in [0.717, 1.165) is 15.3 Å². The van der Waals surface area contributed by atoms with Crippen LogP contribution in [0.15, 0.2) is 28.1 Å². The molecule has 0 fully saturated rings. The zero-order valence-corrected chi connectivity index (χ0v) is 18.7. The molecule has 1 aliphatic rings. The lowest BCUT2D eigenvalue weighted by Gasteiger charge is -2.16. The van der Waals surface area contributed by atoms with Gasteiger partial charge in [0.15, 0.2) is 11.5 Å². The van der Waals surface area contributed by atoms with Crippen LogP contribution >= 0.6 is 49.9 Å². The molecular formula is C20H21BrO2S3. The minimum Gasteiger partial charge on any atom is -0.485 e. The summed E-state index contributed by atoms with van der Waals surface area (Å²) in [7, 11) is 0. The van der Waals surface area contributed by atoms with Crippen molar-refractivity contribution in [3.05, 3.63) is 32.9 Å². The van der Waals surface area contributed by atoms with Crippen molar-refractivity contribution >= 4 is 49.9 Å². The molecule has 1 aliphatic heterocycles. The second-order valence-electron chi connectivity index (χ2n) is 6.30. The summed E-state index contributed by atoms with van der Waals surface area (Å²) in [4.78, 5) is 6.39. The van der Waals surface area contributed by atoms with E-state index in [1.54, 1.807) is 22.7 Å². The van der Waals surface area contributed by atoms with Gasteiger partial charge >= 0.3 is 0 Å². The van der Waals surface area contributed by atoms with E-state index in [1.165, 1.54) is 56.5 Å². The van der Waals surface area contributed by atoms with Gasteiger partial charge in [0.05, 0.1) is 13.5 Å². The van der Waals surface area contributed by atoms with E-state index in [9.17, 15) is 0 Å². The van der Waals surface area contributed by atoms with Crippen LogP contribution in [0.4, 0.5) is 0 Å². The van der Waals surface area contributed by atoms with Gasteiger partial charge in [-0.15, -0.1) is 34.0 Å². The highest BCUT2D eigenvalue weighted by molar-refractivity contribution is 9.11. The van der Waals surface area contributed by atoms with Crippen molar-refractivity contribution < 1.29 is 9.47 Å². The molecule has 0 bridgehead atoms. The van der Waals surface area contributed by atoms with E-state index in [0.29, 0.717) is 13.2 Å². The SMILES string of the molecule is CCCCCCc1ccc(-c2sc(-c3ccc(Br)s3)c3c2OCCO3)s1. The van der Waals surface area contributed by atoms with Crippen molar-refractivity contribution in [2.75, 3.05) is 13.2 Å². The summed E-state index contributed by atoms with van der Waals surface area (Å²) in [6.45, 7) is 3.50. The lowest BCUT2D eigenvalue weighted by molar-refractivity contribution is 0.175. The third-order valence-electron chi connectivity index (χ3n) is 4.36. The fourth-order valence-electron chi connectivity index (χ4n) is 3.07. The predicted molar refractivity (Wildman–Crippen MR) is 117 cm³/mol. The van der Waals surface area contributed by atoms with E-state index in [-0.39, 0.29) is 0 Å². The van der Waals surface area contributed by atoms with Crippen molar-refractivity contribution in [2.24, 2.45) is 0 Å². The first kappa shape index (κ1) is 18.5. The minimum atomic E-state index is 0.621. The van der Waals surface area contributed by atoms with Gasteiger partial charge in [-0.3, -0.25) is 0 Å². The normalized spacial score (nSPS) is 13.3. The van der Waals surface area contributed by atoms with Gasteiger partial charge in [-0.1, -0.05) is 26.2 Å². The van der Waals surface area contributed by atoms with Gasteiger partial charge in [0.1, 0.15) is 13.2 Å². The summed E-state index contributed by atoms with van der Waals surface area (Å²) in [5.74, 6) is 1.85. The molecule has 0 unspecified atom stereocenters. The van der Waals surface area contributed by atoms with Gasteiger partial charge < -0.3 is 9.47 Å². The first-order chi connectivity index (χ1) is 12.8. The Morgan fingerprint density at radius 3 is 2.19 bits per heavy atom. The van der Waals surface area contributed by atoms with Crippen LogP contribution in [0.3, 0.4) is 0 Å². The average molecular weight is 469 g/mol. The molecule has 0 radical (unpaired) electrons. The van der Waals surface area contributed by atoms with Crippen LogP contribution in [0, 0.1) is 0 Å². The van der Waals surface area contributed by atoms with Gasteiger partial charge in [-0.05, 0) is 53.0 Å². The maximum absolute atomic E-state index is 6.03. The molecule has 4 rings (SSSR count). The zero-order chi connectivity index (χ0) is 17.9. The molecule has 138 valence electrons. The van der Waals surface area contributed by atoms with Crippen LogP contribution in [0.2, 0.25) is 0 Å².